The minimum Gasteiger partial charge on any atom is -0.381 e. The zero-order valence-electron chi connectivity index (χ0n) is 15.6. The Hall–Kier alpha value is -2.90. The van der Waals surface area contributed by atoms with Gasteiger partial charge in [-0.1, -0.05) is 41.9 Å². The number of nitrogens with zero attached hydrogens (tertiary/aromatic N) is 1. The SMILES string of the molecule is O=C(N[C@@H](Cc1ccccc1)[C@@H](O)C(=O)NC1CC1)c1cc2cc(Cl)ncc2[nH]1. The number of aromatic nitrogens is 2. The molecule has 0 unspecified atom stereocenters. The number of hydrogen-bond acceptors (Lipinski definition) is 4. The average Bonchev–Trinajstić information content (AvgIpc) is 3.42. The summed E-state index contributed by atoms with van der Waals surface area (Å²) < 4.78 is 0. The van der Waals surface area contributed by atoms with Gasteiger partial charge in [-0.2, -0.15) is 0 Å². The summed E-state index contributed by atoms with van der Waals surface area (Å²) in [5.41, 5.74) is 1.88. The van der Waals surface area contributed by atoms with Crippen LogP contribution >= 0.6 is 11.6 Å². The maximum absolute atomic E-state index is 12.8. The van der Waals surface area contributed by atoms with E-state index in [1.807, 2.05) is 30.3 Å². The van der Waals surface area contributed by atoms with Crippen LogP contribution in [0.3, 0.4) is 0 Å². The van der Waals surface area contributed by atoms with Crippen molar-refractivity contribution >= 4 is 34.3 Å². The van der Waals surface area contributed by atoms with Crippen molar-refractivity contribution in [3.05, 3.63) is 65.1 Å². The standard InChI is InChI=1S/C21H21ClN4O3/c22-18-10-13-9-16(25-17(13)11-23-18)20(28)26-15(8-12-4-2-1-3-5-12)19(27)21(29)24-14-6-7-14/h1-5,9-11,14-15,19,25,27H,6-8H2,(H,24,29)(H,26,28)/t15-,19+/m0/s1. The van der Waals surface area contributed by atoms with E-state index in [4.69, 9.17) is 11.6 Å². The number of halogens is 1. The molecular weight excluding hydrogens is 392 g/mol. The number of pyridine rings is 1. The van der Waals surface area contributed by atoms with E-state index in [1.165, 1.54) is 0 Å². The molecule has 4 N–H and O–H groups in total. The van der Waals surface area contributed by atoms with Crippen molar-refractivity contribution in [1.82, 2.24) is 20.6 Å². The smallest absolute Gasteiger partial charge is 0.268 e. The lowest BCUT2D eigenvalue weighted by Gasteiger charge is -2.23. The van der Waals surface area contributed by atoms with Gasteiger partial charge in [0.15, 0.2) is 6.10 Å². The Morgan fingerprint density at radius 3 is 2.72 bits per heavy atom. The Balaban J connectivity index is 1.53. The van der Waals surface area contributed by atoms with Crippen LogP contribution in [0.2, 0.25) is 5.15 Å². The molecule has 1 saturated carbocycles. The molecule has 1 fully saturated rings. The second-order valence-electron chi connectivity index (χ2n) is 7.27. The molecular formula is C21H21ClN4O3. The van der Waals surface area contributed by atoms with Crippen molar-refractivity contribution in [2.75, 3.05) is 0 Å². The van der Waals surface area contributed by atoms with Gasteiger partial charge in [0, 0.05) is 11.4 Å². The van der Waals surface area contributed by atoms with Crippen molar-refractivity contribution in [3.63, 3.8) is 0 Å². The highest BCUT2D eigenvalue weighted by atomic mass is 35.5. The van der Waals surface area contributed by atoms with Crippen LogP contribution in [-0.2, 0) is 11.2 Å². The molecule has 0 radical (unpaired) electrons. The normalized spacial score (nSPS) is 15.7. The second-order valence-corrected chi connectivity index (χ2v) is 7.66. The molecule has 2 atom stereocenters. The number of benzene rings is 1. The first-order valence-corrected chi connectivity index (χ1v) is 9.85. The van der Waals surface area contributed by atoms with Crippen molar-refractivity contribution in [3.8, 4) is 0 Å². The maximum Gasteiger partial charge on any atom is 0.268 e. The minimum absolute atomic E-state index is 0.121. The average molecular weight is 413 g/mol. The van der Waals surface area contributed by atoms with Gasteiger partial charge < -0.3 is 20.7 Å². The van der Waals surface area contributed by atoms with Crippen molar-refractivity contribution < 1.29 is 14.7 Å². The molecule has 2 heterocycles. The van der Waals surface area contributed by atoms with Crippen LogP contribution in [0.4, 0.5) is 0 Å². The number of carbonyl (C=O) groups is 2. The van der Waals surface area contributed by atoms with Gasteiger partial charge in [0.25, 0.3) is 11.8 Å². The zero-order chi connectivity index (χ0) is 20.4. The second kappa shape index (κ2) is 8.23. The van der Waals surface area contributed by atoms with E-state index >= 15 is 0 Å². The number of carbonyl (C=O) groups excluding carboxylic acids is 2. The van der Waals surface area contributed by atoms with Crippen LogP contribution in [0.5, 0.6) is 0 Å². The molecule has 1 aliphatic carbocycles. The van der Waals surface area contributed by atoms with Gasteiger partial charge in [-0.15, -0.1) is 0 Å². The van der Waals surface area contributed by atoms with Crippen LogP contribution in [0.1, 0.15) is 28.9 Å². The summed E-state index contributed by atoms with van der Waals surface area (Å²) in [6.07, 6.45) is 2.34. The molecule has 150 valence electrons. The third-order valence-electron chi connectivity index (χ3n) is 4.90. The number of aliphatic hydroxyl groups is 1. The lowest BCUT2D eigenvalue weighted by Crippen LogP contribution is -2.52. The summed E-state index contributed by atoms with van der Waals surface area (Å²) in [6, 6.07) is 12.1. The number of rotatable bonds is 7. The Kier molecular flexibility index (Phi) is 5.51. The molecule has 8 heteroatoms. The number of amides is 2. The third kappa shape index (κ3) is 4.75. The van der Waals surface area contributed by atoms with Gasteiger partial charge in [-0.05, 0) is 37.0 Å². The van der Waals surface area contributed by atoms with Crippen molar-refractivity contribution in [1.29, 1.82) is 0 Å². The number of aliphatic hydroxyl groups excluding tert-OH is 1. The van der Waals surface area contributed by atoms with Crippen LogP contribution in [0, 0.1) is 0 Å². The first-order valence-electron chi connectivity index (χ1n) is 9.47. The van der Waals surface area contributed by atoms with Gasteiger partial charge in [0.2, 0.25) is 0 Å². The van der Waals surface area contributed by atoms with E-state index < -0.39 is 24.0 Å². The molecule has 1 aromatic carbocycles. The van der Waals surface area contributed by atoms with E-state index in [0.717, 1.165) is 23.8 Å². The number of nitrogens with one attached hydrogen (secondary N) is 3. The Morgan fingerprint density at radius 2 is 2.00 bits per heavy atom. The molecule has 7 nitrogen and oxygen atoms in total. The molecule has 29 heavy (non-hydrogen) atoms. The van der Waals surface area contributed by atoms with Crippen molar-refractivity contribution in [2.45, 2.75) is 37.5 Å². The lowest BCUT2D eigenvalue weighted by atomic mass is 10.0. The summed E-state index contributed by atoms with van der Waals surface area (Å²) >= 11 is 5.90. The fourth-order valence-electron chi connectivity index (χ4n) is 3.18. The van der Waals surface area contributed by atoms with Gasteiger partial charge in [-0.3, -0.25) is 9.59 Å². The van der Waals surface area contributed by atoms with Gasteiger partial charge >= 0.3 is 0 Å². The summed E-state index contributed by atoms with van der Waals surface area (Å²) in [7, 11) is 0. The zero-order valence-corrected chi connectivity index (χ0v) is 16.3. The highest BCUT2D eigenvalue weighted by Crippen LogP contribution is 2.20. The topological polar surface area (TPSA) is 107 Å². The number of H-pyrrole nitrogens is 1. The molecule has 2 aromatic heterocycles. The first-order chi connectivity index (χ1) is 14.0. The van der Waals surface area contributed by atoms with Gasteiger partial charge in [0.05, 0.1) is 17.8 Å². The van der Waals surface area contributed by atoms with Crippen LogP contribution in [0.25, 0.3) is 10.9 Å². The van der Waals surface area contributed by atoms with E-state index in [9.17, 15) is 14.7 Å². The molecule has 2 amide bonds. The molecule has 3 aromatic rings. The van der Waals surface area contributed by atoms with E-state index in [2.05, 4.69) is 20.6 Å². The highest BCUT2D eigenvalue weighted by Gasteiger charge is 2.32. The van der Waals surface area contributed by atoms with Gasteiger partial charge in [-0.25, -0.2) is 4.98 Å². The Morgan fingerprint density at radius 1 is 1.24 bits per heavy atom. The molecule has 4 rings (SSSR count). The summed E-state index contributed by atoms with van der Waals surface area (Å²) in [5, 5.41) is 17.3. The quantitative estimate of drug-likeness (QED) is 0.446. The Labute approximate surface area is 172 Å². The van der Waals surface area contributed by atoms with Crippen LogP contribution in [0.15, 0.2) is 48.7 Å². The molecule has 0 bridgehead atoms. The number of hydrogen-bond donors (Lipinski definition) is 4. The molecule has 0 spiro atoms. The van der Waals surface area contributed by atoms with E-state index in [0.29, 0.717) is 22.8 Å². The molecule has 0 saturated heterocycles. The number of fused-ring (bicyclic) bond motifs is 1. The highest BCUT2D eigenvalue weighted by molar-refractivity contribution is 6.30. The predicted molar refractivity (Wildman–Crippen MR) is 110 cm³/mol. The maximum atomic E-state index is 12.8. The summed E-state index contributed by atoms with van der Waals surface area (Å²) in [5.74, 6) is -0.891. The van der Waals surface area contributed by atoms with Crippen LogP contribution in [-0.4, -0.2) is 45.1 Å². The minimum atomic E-state index is -1.36. The van der Waals surface area contributed by atoms with E-state index in [1.54, 1.807) is 18.3 Å². The summed E-state index contributed by atoms with van der Waals surface area (Å²) in [4.78, 5) is 32.2. The Bertz CT molecular complexity index is 1030. The monoisotopic (exact) mass is 412 g/mol. The van der Waals surface area contributed by atoms with Crippen LogP contribution < -0.4 is 10.6 Å². The van der Waals surface area contributed by atoms with Crippen molar-refractivity contribution in [2.24, 2.45) is 0 Å². The molecule has 1 aliphatic rings. The molecule has 0 aliphatic heterocycles. The number of aromatic amines is 1. The third-order valence-corrected chi connectivity index (χ3v) is 5.11. The fourth-order valence-corrected chi connectivity index (χ4v) is 3.35. The van der Waals surface area contributed by atoms with E-state index in [-0.39, 0.29) is 6.04 Å². The fraction of sp³-hybridized carbons (Fsp3) is 0.286. The first kappa shape index (κ1) is 19.4. The lowest BCUT2D eigenvalue weighted by molar-refractivity contribution is -0.130. The predicted octanol–water partition coefficient (Wildman–Crippen LogP) is 2.20. The largest absolute Gasteiger partial charge is 0.381 e. The summed E-state index contributed by atoms with van der Waals surface area (Å²) in [6.45, 7) is 0. The van der Waals surface area contributed by atoms with Gasteiger partial charge in [0.1, 0.15) is 10.8 Å².